The topological polar surface area (TPSA) is 42.1 Å². The van der Waals surface area contributed by atoms with Crippen molar-refractivity contribution in [1.29, 1.82) is 0 Å². The van der Waals surface area contributed by atoms with Crippen LogP contribution in [0.2, 0.25) is 0 Å². The molecule has 28 heavy (non-hydrogen) atoms. The number of hydrogen-bond donors (Lipinski definition) is 1. The molecule has 1 aliphatic heterocycles. The van der Waals surface area contributed by atoms with Crippen LogP contribution >= 0.6 is 22.7 Å². The third kappa shape index (κ3) is 3.83. The average molecular weight is 408 g/mol. The number of thiazole rings is 1. The number of hydrogen-bond acceptors (Lipinski definition) is 5. The van der Waals surface area contributed by atoms with Crippen LogP contribution in [0.15, 0.2) is 60.3 Å². The molecule has 1 aliphatic rings. The van der Waals surface area contributed by atoms with E-state index < -0.39 is 0 Å². The molecule has 3 nitrogen and oxygen atoms in total. The van der Waals surface area contributed by atoms with Crippen LogP contribution in [-0.2, 0) is 0 Å². The van der Waals surface area contributed by atoms with Gasteiger partial charge in [0.2, 0.25) is 0 Å². The maximum atomic E-state index is 5.94. The Kier molecular flexibility index (Phi) is 5.76. The third-order valence-corrected chi connectivity index (χ3v) is 7.21. The Morgan fingerprint density at radius 2 is 2.00 bits per heavy atom. The van der Waals surface area contributed by atoms with E-state index in [9.17, 15) is 0 Å². The molecule has 5 heteroatoms. The van der Waals surface area contributed by atoms with Crippen LogP contribution in [-0.4, -0.2) is 24.6 Å². The lowest BCUT2D eigenvalue weighted by Gasteiger charge is -2.35. The molecule has 0 spiro atoms. The molecule has 1 fully saturated rings. The fourth-order valence-corrected chi connectivity index (χ4v) is 5.37. The summed E-state index contributed by atoms with van der Waals surface area (Å²) in [5, 5.41) is 5.19. The van der Waals surface area contributed by atoms with Crippen LogP contribution in [0.1, 0.15) is 24.1 Å². The number of nitrogens with zero attached hydrogens (tertiary/aromatic N) is 2. The number of aromatic nitrogens is 1. The molecular formula is C23H25N3S2. The Bertz CT molecular complexity index is 971. The van der Waals surface area contributed by atoms with Gasteiger partial charge in [0.25, 0.3) is 0 Å². The number of nitrogens with two attached hydrogens (primary N) is 1. The van der Waals surface area contributed by atoms with Crippen molar-refractivity contribution >= 4 is 39.5 Å². The van der Waals surface area contributed by atoms with Gasteiger partial charge in [-0.2, -0.15) is 0 Å². The fraction of sp³-hybridized carbons (Fsp3) is 0.261. The fourth-order valence-electron chi connectivity index (χ4n) is 3.72. The van der Waals surface area contributed by atoms with E-state index in [0.717, 1.165) is 47.0 Å². The normalized spacial score (nSPS) is 16.9. The first kappa shape index (κ1) is 19.1. The van der Waals surface area contributed by atoms with Gasteiger partial charge in [-0.25, -0.2) is 4.98 Å². The molecule has 1 aromatic carbocycles. The summed E-state index contributed by atoms with van der Waals surface area (Å²) in [5.41, 5.74) is 11.0. The van der Waals surface area contributed by atoms with Crippen LogP contribution in [0.5, 0.6) is 0 Å². The summed E-state index contributed by atoms with van der Waals surface area (Å²) >= 11 is 3.37. The van der Waals surface area contributed by atoms with Gasteiger partial charge in [0.1, 0.15) is 5.01 Å². The first-order chi connectivity index (χ1) is 13.7. The van der Waals surface area contributed by atoms with Crippen LogP contribution in [0.25, 0.3) is 21.0 Å². The Labute approximate surface area is 174 Å². The zero-order chi connectivity index (χ0) is 19.5. The van der Waals surface area contributed by atoms with Crippen molar-refractivity contribution in [2.75, 3.05) is 24.5 Å². The van der Waals surface area contributed by atoms with Gasteiger partial charge < -0.3 is 10.6 Å². The summed E-state index contributed by atoms with van der Waals surface area (Å²) in [6.07, 6.45) is 2.40. The molecule has 1 atom stereocenters. The van der Waals surface area contributed by atoms with E-state index in [0.29, 0.717) is 5.92 Å². The van der Waals surface area contributed by atoms with E-state index in [4.69, 9.17) is 10.7 Å². The van der Waals surface area contributed by atoms with Gasteiger partial charge in [0, 0.05) is 35.3 Å². The zero-order valence-electron chi connectivity index (χ0n) is 15.9. The monoisotopic (exact) mass is 407 g/mol. The number of benzene rings is 1. The Hall–Kier alpha value is -2.21. The van der Waals surface area contributed by atoms with Gasteiger partial charge in [-0.3, -0.25) is 0 Å². The second-order valence-electron chi connectivity index (χ2n) is 7.18. The highest BCUT2D eigenvalue weighted by Gasteiger charge is 2.22. The second kappa shape index (κ2) is 8.43. The number of anilines is 1. The molecule has 0 aliphatic carbocycles. The minimum atomic E-state index is 0.560. The average Bonchev–Trinajstić information content (AvgIpc) is 3.44. The Balaban J connectivity index is 1.59. The molecule has 2 aromatic heterocycles. The first-order valence-corrected chi connectivity index (χ1v) is 11.4. The molecule has 0 saturated carbocycles. The summed E-state index contributed by atoms with van der Waals surface area (Å²) < 4.78 is 0. The number of piperidine rings is 1. The van der Waals surface area contributed by atoms with Crippen molar-refractivity contribution < 1.29 is 0 Å². The second-order valence-corrected chi connectivity index (χ2v) is 8.99. The zero-order valence-corrected chi connectivity index (χ0v) is 17.6. The predicted molar refractivity (Wildman–Crippen MR) is 124 cm³/mol. The smallest absolute Gasteiger partial charge is 0.134 e. The largest absolute Gasteiger partial charge is 0.371 e. The number of para-hydroxylation sites is 1. The molecule has 4 rings (SSSR count). The first-order valence-electron chi connectivity index (χ1n) is 9.59. The van der Waals surface area contributed by atoms with Gasteiger partial charge in [0.15, 0.2) is 0 Å². The van der Waals surface area contributed by atoms with Crippen LogP contribution in [0.3, 0.4) is 0 Å². The Morgan fingerprint density at radius 3 is 2.79 bits per heavy atom. The minimum Gasteiger partial charge on any atom is -0.371 e. The van der Waals surface area contributed by atoms with E-state index in [2.05, 4.69) is 65.2 Å². The molecule has 3 heterocycles. The van der Waals surface area contributed by atoms with E-state index >= 15 is 0 Å². The maximum Gasteiger partial charge on any atom is 0.134 e. The highest BCUT2D eigenvalue weighted by molar-refractivity contribution is 7.20. The molecule has 2 N–H and O–H groups in total. The van der Waals surface area contributed by atoms with E-state index in [1.807, 2.05) is 0 Å². The lowest BCUT2D eigenvalue weighted by molar-refractivity contribution is 0.423. The standard InChI is InChI=1S/C23H25N3S2/c1-16(17(2)20-15-28-23(25-20)22-10-6-12-27-22)19-8-3-4-9-21(19)26-11-5-7-18(13-24)14-26/h3-4,6,8-10,12,15,18H,1-2,5,7,11,13-14,24H2/t18-/m1/s1. The van der Waals surface area contributed by atoms with E-state index in [1.165, 1.54) is 23.4 Å². The summed E-state index contributed by atoms with van der Waals surface area (Å²) in [7, 11) is 0. The predicted octanol–water partition coefficient (Wildman–Crippen LogP) is 5.77. The summed E-state index contributed by atoms with van der Waals surface area (Å²) in [6.45, 7) is 11.5. The van der Waals surface area contributed by atoms with Crippen molar-refractivity contribution in [3.63, 3.8) is 0 Å². The SMILES string of the molecule is C=C(C(=C)c1ccccc1N1CCC[C@H](CN)C1)c1csc(-c2cccs2)n1. The van der Waals surface area contributed by atoms with Crippen LogP contribution < -0.4 is 10.6 Å². The molecule has 1 saturated heterocycles. The lowest BCUT2D eigenvalue weighted by atomic mass is 9.93. The van der Waals surface area contributed by atoms with Crippen molar-refractivity contribution in [1.82, 2.24) is 4.98 Å². The Morgan fingerprint density at radius 1 is 1.14 bits per heavy atom. The van der Waals surface area contributed by atoms with Gasteiger partial charge in [-0.1, -0.05) is 37.4 Å². The minimum absolute atomic E-state index is 0.560. The third-order valence-electron chi connectivity index (χ3n) is 5.33. The highest BCUT2D eigenvalue weighted by atomic mass is 32.1. The van der Waals surface area contributed by atoms with E-state index in [-0.39, 0.29) is 0 Å². The van der Waals surface area contributed by atoms with E-state index in [1.54, 1.807) is 22.7 Å². The van der Waals surface area contributed by atoms with Crippen molar-refractivity contribution in [2.45, 2.75) is 12.8 Å². The summed E-state index contributed by atoms with van der Waals surface area (Å²) in [4.78, 5) is 8.45. The molecule has 3 aromatic rings. The van der Waals surface area contributed by atoms with Gasteiger partial charge in [0.05, 0.1) is 10.6 Å². The molecule has 0 amide bonds. The van der Waals surface area contributed by atoms with Crippen molar-refractivity contribution in [3.8, 4) is 9.88 Å². The van der Waals surface area contributed by atoms with Crippen LogP contribution in [0, 0.1) is 5.92 Å². The molecule has 0 radical (unpaired) electrons. The van der Waals surface area contributed by atoms with Crippen molar-refractivity contribution in [2.24, 2.45) is 11.7 Å². The van der Waals surface area contributed by atoms with Gasteiger partial charge in [-0.15, -0.1) is 22.7 Å². The van der Waals surface area contributed by atoms with Crippen molar-refractivity contribution in [3.05, 3.63) is 71.6 Å². The van der Waals surface area contributed by atoms with Gasteiger partial charge >= 0.3 is 0 Å². The molecule has 0 bridgehead atoms. The quantitative estimate of drug-likeness (QED) is 0.527. The van der Waals surface area contributed by atoms with Gasteiger partial charge in [-0.05, 0) is 48.4 Å². The highest BCUT2D eigenvalue weighted by Crippen LogP contribution is 2.37. The summed E-state index contributed by atoms with van der Waals surface area (Å²) in [5.74, 6) is 0.560. The molecule has 144 valence electrons. The molecular weight excluding hydrogens is 382 g/mol. The number of rotatable bonds is 6. The number of allylic oxidation sites excluding steroid dienone is 2. The number of thiophene rings is 1. The molecule has 0 unspecified atom stereocenters. The summed E-state index contributed by atoms with van der Waals surface area (Å²) in [6, 6.07) is 12.6. The maximum absolute atomic E-state index is 5.94. The van der Waals surface area contributed by atoms with Crippen LogP contribution in [0.4, 0.5) is 5.69 Å². The lowest BCUT2D eigenvalue weighted by Crippen LogP contribution is -2.38.